The Labute approximate surface area is 267 Å². The second kappa shape index (κ2) is 14.9. The van der Waals surface area contributed by atoms with Crippen molar-refractivity contribution in [2.75, 3.05) is 19.8 Å². The molecule has 0 spiro atoms. The Kier molecular flexibility index (Phi) is 10.5. The highest BCUT2D eigenvalue weighted by Gasteiger charge is 2.45. The smallest absolute Gasteiger partial charge is 0.267 e. The van der Waals surface area contributed by atoms with Gasteiger partial charge in [-0.3, -0.25) is 28.5 Å². The standard InChI is InChI=1S/C36H38N4O6/c1-2-3-4-11-20-36(39-34(44)27-19-22-46-24-27,40-31(42)18-21-37-33(40)26-14-9-6-10-15-26)35(45)38-23-29-28(16-17-30(41)32(29)43)25-12-7-5-8-13-25/h5-10,12-18,21,27H,2-4,11,19-20,22-24H2,1H3,(H,38,45)(H,39,44). The number of hydrogen-bond donors (Lipinski definition) is 2. The fourth-order valence-electron chi connectivity index (χ4n) is 5.91. The van der Waals surface area contributed by atoms with Gasteiger partial charge in [0.2, 0.25) is 23.1 Å². The molecule has 46 heavy (non-hydrogen) atoms. The van der Waals surface area contributed by atoms with Crippen molar-refractivity contribution < 1.29 is 23.9 Å². The zero-order chi connectivity index (χ0) is 32.5. The molecule has 3 aromatic rings. The maximum atomic E-state index is 14.7. The lowest BCUT2D eigenvalue weighted by atomic mass is 9.90. The lowest BCUT2D eigenvalue weighted by molar-refractivity contribution is -0.140. The van der Waals surface area contributed by atoms with Crippen LogP contribution in [0.1, 0.15) is 51.0 Å². The number of ketones is 2. The molecule has 1 aromatic heterocycles. The van der Waals surface area contributed by atoms with E-state index in [4.69, 9.17) is 4.74 Å². The summed E-state index contributed by atoms with van der Waals surface area (Å²) >= 11 is 0. The maximum absolute atomic E-state index is 14.7. The summed E-state index contributed by atoms with van der Waals surface area (Å²) in [6, 6.07) is 19.3. The zero-order valence-corrected chi connectivity index (χ0v) is 25.9. The summed E-state index contributed by atoms with van der Waals surface area (Å²) in [5, 5.41) is 5.83. The zero-order valence-electron chi connectivity index (χ0n) is 25.9. The molecule has 0 bridgehead atoms. The number of carbonyl (C=O) groups excluding carboxylic acids is 4. The van der Waals surface area contributed by atoms with E-state index in [1.807, 2.05) is 36.4 Å². The van der Waals surface area contributed by atoms with E-state index < -0.39 is 40.5 Å². The summed E-state index contributed by atoms with van der Waals surface area (Å²) in [7, 11) is 0. The molecule has 0 saturated carbocycles. The number of carbonyl (C=O) groups is 4. The molecule has 2 aromatic carbocycles. The Hall–Kier alpha value is -4.96. The Morgan fingerprint density at radius 2 is 1.65 bits per heavy atom. The molecule has 10 nitrogen and oxygen atoms in total. The number of nitrogens with zero attached hydrogens (tertiary/aromatic N) is 2. The van der Waals surface area contributed by atoms with Gasteiger partial charge in [0.15, 0.2) is 0 Å². The van der Waals surface area contributed by atoms with Gasteiger partial charge in [-0.2, -0.15) is 0 Å². The molecule has 1 fully saturated rings. The summed E-state index contributed by atoms with van der Waals surface area (Å²) in [4.78, 5) is 72.5. The number of aromatic nitrogens is 2. The number of allylic oxidation sites excluding steroid dienone is 3. The third-order valence-corrected chi connectivity index (χ3v) is 8.39. The van der Waals surface area contributed by atoms with Crippen molar-refractivity contribution in [3.63, 3.8) is 0 Å². The number of Topliss-reactive ketones (excluding diaryl/α,β-unsaturated/α-hetero) is 1. The third kappa shape index (κ3) is 6.97. The maximum Gasteiger partial charge on any atom is 0.267 e. The minimum absolute atomic E-state index is 0.0843. The van der Waals surface area contributed by atoms with Crippen LogP contribution in [-0.2, 0) is 29.6 Å². The first kappa shape index (κ1) is 32.4. The molecule has 2 N–H and O–H groups in total. The van der Waals surface area contributed by atoms with Crippen molar-refractivity contribution in [1.82, 2.24) is 20.2 Å². The number of hydrogen-bond acceptors (Lipinski definition) is 7. The second-order valence-corrected chi connectivity index (χ2v) is 11.5. The average Bonchev–Trinajstić information content (AvgIpc) is 3.63. The van der Waals surface area contributed by atoms with Gasteiger partial charge in [-0.15, -0.1) is 0 Å². The van der Waals surface area contributed by atoms with Crippen molar-refractivity contribution in [3.05, 3.63) is 107 Å². The number of amides is 2. The van der Waals surface area contributed by atoms with Crippen LogP contribution in [0.5, 0.6) is 0 Å². The molecule has 5 rings (SSSR count). The van der Waals surface area contributed by atoms with E-state index in [1.165, 1.54) is 22.9 Å². The molecule has 2 aliphatic rings. The predicted molar refractivity (Wildman–Crippen MR) is 173 cm³/mol. The van der Waals surface area contributed by atoms with E-state index in [1.54, 1.807) is 30.3 Å². The highest BCUT2D eigenvalue weighted by molar-refractivity contribution is 6.50. The quantitative estimate of drug-likeness (QED) is 0.167. The van der Waals surface area contributed by atoms with Gasteiger partial charge in [0.1, 0.15) is 5.82 Å². The molecule has 2 amide bonds. The fraction of sp³-hybridized carbons (Fsp3) is 0.333. The highest BCUT2D eigenvalue weighted by atomic mass is 16.5. The minimum atomic E-state index is -1.91. The van der Waals surface area contributed by atoms with E-state index in [2.05, 4.69) is 22.5 Å². The summed E-state index contributed by atoms with van der Waals surface area (Å²) in [6.45, 7) is 2.38. The van der Waals surface area contributed by atoms with Crippen LogP contribution in [0, 0.1) is 5.92 Å². The average molecular weight is 623 g/mol. The molecule has 2 atom stereocenters. The Morgan fingerprint density at radius 3 is 2.33 bits per heavy atom. The Morgan fingerprint density at radius 1 is 0.935 bits per heavy atom. The number of rotatable bonds is 13. The molecule has 1 saturated heterocycles. The van der Waals surface area contributed by atoms with Crippen molar-refractivity contribution in [3.8, 4) is 11.4 Å². The van der Waals surface area contributed by atoms with Gasteiger partial charge in [0.05, 0.1) is 12.5 Å². The third-order valence-electron chi connectivity index (χ3n) is 8.39. The Balaban J connectivity index is 1.63. The van der Waals surface area contributed by atoms with Crippen LogP contribution < -0.4 is 16.2 Å². The van der Waals surface area contributed by atoms with Gasteiger partial charge < -0.3 is 15.4 Å². The first-order valence-corrected chi connectivity index (χ1v) is 15.7. The van der Waals surface area contributed by atoms with Crippen LogP contribution in [0.4, 0.5) is 0 Å². The summed E-state index contributed by atoms with van der Waals surface area (Å²) in [5.41, 5.74) is -0.525. The highest BCUT2D eigenvalue weighted by Crippen LogP contribution is 2.29. The number of unbranched alkanes of at least 4 members (excludes halogenated alkanes) is 3. The van der Waals surface area contributed by atoms with Gasteiger partial charge in [-0.25, -0.2) is 4.98 Å². The number of benzene rings is 2. The first-order chi connectivity index (χ1) is 22.4. The predicted octanol–water partition coefficient (Wildman–Crippen LogP) is 3.96. The van der Waals surface area contributed by atoms with Gasteiger partial charge in [-0.05, 0) is 42.6 Å². The molecule has 2 unspecified atom stereocenters. The van der Waals surface area contributed by atoms with Crippen LogP contribution >= 0.6 is 0 Å². The van der Waals surface area contributed by atoms with E-state index in [0.717, 1.165) is 19.3 Å². The van der Waals surface area contributed by atoms with Crippen LogP contribution in [0.25, 0.3) is 17.0 Å². The van der Waals surface area contributed by atoms with Crippen molar-refractivity contribution in [2.24, 2.45) is 5.92 Å². The molecular weight excluding hydrogens is 584 g/mol. The van der Waals surface area contributed by atoms with Gasteiger partial charge in [0, 0.05) is 36.6 Å². The van der Waals surface area contributed by atoms with E-state index >= 15 is 0 Å². The van der Waals surface area contributed by atoms with Crippen LogP contribution in [-0.4, -0.2) is 52.7 Å². The van der Waals surface area contributed by atoms with Crippen LogP contribution in [0.3, 0.4) is 0 Å². The topological polar surface area (TPSA) is 136 Å². The van der Waals surface area contributed by atoms with E-state index in [9.17, 15) is 24.0 Å². The van der Waals surface area contributed by atoms with Crippen molar-refractivity contribution in [1.29, 1.82) is 0 Å². The molecule has 238 valence electrons. The van der Waals surface area contributed by atoms with Crippen molar-refractivity contribution >= 4 is 29.0 Å². The second-order valence-electron chi connectivity index (χ2n) is 11.5. The summed E-state index contributed by atoms with van der Waals surface area (Å²) in [5.74, 6) is -2.85. The molecule has 10 heteroatoms. The normalized spacial score (nSPS) is 17.5. The van der Waals surface area contributed by atoms with Crippen LogP contribution in [0.15, 0.2) is 95.4 Å². The number of ether oxygens (including phenoxy) is 1. The van der Waals surface area contributed by atoms with Crippen molar-refractivity contribution in [2.45, 2.75) is 51.1 Å². The van der Waals surface area contributed by atoms with Gasteiger partial charge in [0.25, 0.3) is 11.5 Å². The first-order valence-electron chi connectivity index (χ1n) is 15.7. The number of nitrogens with one attached hydrogen (secondary N) is 2. The molecule has 0 radical (unpaired) electrons. The summed E-state index contributed by atoms with van der Waals surface area (Å²) < 4.78 is 6.73. The van der Waals surface area contributed by atoms with E-state index in [0.29, 0.717) is 36.1 Å². The molecule has 1 aliphatic heterocycles. The molecule has 2 heterocycles. The summed E-state index contributed by atoms with van der Waals surface area (Å²) in [6.07, 6.45) is 7.83. The Bertz CT molecular complexity index is 1710. The fourth-order valence-corrected chi connectivity index (χ4v) is 5.91. The van der Waals surface area contributed by atoms with Crippen LogP contribution in [0.2, 0.25) is 0 Å². The van der Waals surface area contributed by atoms with E-state index in [-0.39, 0.29) is 31.0 Å². The largest absolute Gasteiger partial charge is 0.381 e. The molecule has 1 aliphatic carbocycles. The monoisotopic (exact) mass is 622 g/mol. The van der Waals surface area contributed by atoms with Gasteiger partial charge in [-0.1, -0.05) is 86.8 Å². The lowest BCUT2D eigenvalue weighted by Gasteiger charge is -2.37. The molecular formula is C36H38N4O6. The SMILES string of the molecule is CCCCCCC(NC(=O)C1CCOC1)(C(=O)NCC1=C(c2ccccc2)C=CC(=O)C1=O)n1c(-c2ccccc2)nccc1=O. The van der Waals surface area contributed by atoms with Gasteiger partial charge >= 0.3 is 0 Å². The minimum Gasteiger partial charge on any atom is -0.381 e. The lowest BCUT2D eigenvalue weighted by Crippen LogP contribution is -2.64.